The van der Waals surface area contributed by atoms with Gasteiger partial charge >= 0.3 is 5.97 Å². The van der Waals surface area contributed by atoms with Crippen LogP contribution in [-0.2, 0) is 20.7 Å². The molecular formula is C35H35N3O7. The van der Waals surface area contributed by atoms with Crippen molar-refractivity contribution in [3.63, 3.8) is 0 Å². The molecule has 1 aliphatic heterocycles. The largest absolute Gasteiger partial charge is 0.493 e. The van der Waals surface area contributed by atoms with Gasteiger partial charge < -0.3 is 33.9 Å². The fraction of sp³-hybridized carbons (Fsp3) is 0.286. The third-order valence-corrected chi connectivity index (χ3v) is 8.04. The van der Waals surface area contributed by atoms with Crippen LogP contribution >= 0.6 is 0 Å². The maximum atomic E-state index is 13.6. The first-order valence-corrected chi connectivity index (χ1v) is 14.8. The van der Waals surface area contributed by atoms with Crippen molar-refractivity contribution in [1.29, 1.82) is 0 Å². The minimum absolute atomic E-state index is 0.413. The summed E-state index contributed by atoms with van der Waals surface area (Å²) in [7, 11) is 4.72. The van der Waals surface area contributed by atoms with Gasteiger partial charge in [-0.05, 0) is 78.1 Å². The fourth-order valence-electron chi connectivity index (χ4n) is 5.88. The Balaban J connectivity index is 1.22. The van der Waals surface area contributed by atoms with Gasteiger partial charge in [0.05, 0.1) is 51.3 Å². The maximum Gasteiger partial charge on any atom is 0.339 e. The summed E-state index contributed by atoms with van der Waals surface area (Å²) in [4.78, 5) is 33.5. The molecule has 0 atom stereocenters. The summed E-state index contributed by atoms with van der Waals surface area (Å²) in [5.41, 5.74) is 6.16. The van der Waals surface area contributed by atoms with Gasteiger partial charge in [0.2, 0.25) is 5.75 Å². The predicted octanol–water partition coefficient (Wildman–Crippen LogP) is 5.38. The first-order valence-electron chi connectivity index (χ1n) is 14.8. The number of ether oxygens (including phenoxy) is 5. The number of hydrogen-bond donors (Lipinski definition) is 1. The van der Waals surface area contributed by atoms with E-state index in [-0.39, 0.29) is 0 Å². The molecule has 45 heavy (non-hydrogen) atoms. The molecule has 232 valence electrons. The van der Waals surface area contributed by atoms with Crippen molar-refractivity contribution >= 4 is 45.8 Å². The number of esters is 1. The summed E-state index contributed by atoms with van der Waals surface area (Å²) >= 11 is 0. The van der Waals surface area contributed by atoms with Gasteiger partial charge in [-0.15, -0.1) is 0 Å². The number of benzene rings is 3. The number of carbonyl (C=O) groups is 2. The maximum absolute atomic E-state index is 13.6. The topological polar surface area (TPSA) is 108 Å². The molecule has 1 aliphatic carbocycles. The van der Waals surface area contributed by atoms with Crippen LogP contribution in [0.15, 0.2) is 60.7 Å². The molecule has 1 amide bonds. The van der Waals surface area contributed by atoms with E-state index in [0.717, 1.165) is 41.2 Å². The van der Waals surface area contributed by atoms with E-state index < -0.39 is 18.5 Å². The number of morpholine rings is 1. The second-order valence-electron chi connectivity index (χ2n) is 10.7. The first-order chi connectivity index (χ1) is 22.0. The van der Waals surface area contributed by atoms with Crippen molar-refractivity contribution in [2.24, 2.45) is 0 Å². The third kappa shape index (κ3) is 6.28. The number of nitrogens with one attached hydrogen (secondary N) is 1. The number of pyridine rings is 1. The number of amides is 1. The normalized spacial score (nSPS) is 15.1. The first kappa shape index (κ1) is 30.0. The van der Waals surface area contributed by atoms with Crippen LogP contribution < -0.4 is 24.4 Å². The number of nitrogens with zero attached hydrogens (tertiary/aromatic N) is 2. The van der Waals surface area contributed by atoms with Crippen molar-refractivity contribution in [2.75, 3.05) is 64.5 Å². The summed E-state index contributed by atoms with van der Waals surface area (Å²) in [6.07, 6.45) is 3.30. The van der Waals surface area contributed by atoms with Crippen molar-refractivity contribution in [3.8, 4) is 17.2 Å². The van der Waals surface area contributed by atoms with Crippen LogP contribution in [-0.4, -0.2) is 71.1 Å². The van der Waals surface area contributed by atoms with E-state index >= 15 is 0 Å². The molecule has 6 rings (SSSR count). The molecular weight excluding hydrogens is 574 g/mol. The average molecular weight is 610 g/mol. The van der Waals surface area contributed by atoms with Crippen molar-refractivity contribution < 1.29 is 33.3 Å². The molecule has 4 aromatic rings. The van der Waals surface area contributed by atoms with Gasteiger partial charge in [0.25, 0.3) is 5.91 Å². The molecule has 1 N–H and O–H groups in total. The Hall–Kier alpha value is -5.09. The zero-order valence-electron chi connectivity index (χ0n) is 25.6. The molecule has 1 saturated heterocycles. The van der Waals surface area contributed by atoms with Crippen LogP contribution in [0.2, 0.25) is 0 Å². The van der Waals surface area contributed by atoms with E-state index in [4.69, 9.17) is 28.7 Å². The summed E-state index contributed by atoms with van der Waals surface area (Å²) < 4.78 is 27.5. The standard InChI is InChI=1S/C35H35N3O7/c1-41-29-19-22(20-30(42-2)34(29)43-3)18-23-8-13-27-32(26-6-4-5-7-28(26)37-33(23)27)35(40)45-21-31(39)36-24-9-11-25(12-10-24)38-14-16-44-17-15-38/h4-7,9-12,18-20H,8,13-17,21H2,1-3H3,(H,36,39)/b23-18-. The summed E-state index contributed by atoms with van der Waals surface area (Å²) in [6.45, 7) is 2.65. The molecule has 0 saturated carbocycles. The zero-order chi connectivity index (χ0) is 31.3. The lowest BCUT2D eigenvalue weighted by Gasteiger charge is -2.28. The van der Waals surface area contributed by atoms with Gasteiger partial charge in [0, 0.05) is 29.9 Å². The number of aromatic nitrogens is 1. The van der Waals surface area contributed by atoms with Gasteiger partial charge in [-0.1, -0.05) is 18.2 Å². The number of hydrogen-bond acceptors (Lipinski definition) is 9. The molecule has 2 aliphatic rings. The molecule has 0 bridgehead atoms. The SMILES string of the molecule is COc1cc(/C=C2/CCc3c2nc2ccccc2c3C(=O)OCC(=O)Nc2ccc(N3CCOCC3)cc2)cc(OC)c1OC. The molecule has 10 nitrogen and oxygen atoms in total. The lowest BCUT2D eigenvalue weighted by atomic mass is 10.0. The fourth-order valence-corrected chi connectivity index (χ4v) is 5.88. The van der Waals surface area contributed by atoms with Gasteiger partial charge in [0.15, 0.2) is 18.1 Å². The minimum Gasteiger partial charge on any atom is -0.493 e. The lowest BCUT2D eigenvalue weighted by molar-refractivity contribution is -0.119. The molecule has 2 heterocycles. The Morgan fingerprint density at radius 3 is 2.33 bits per heavy atom. The lowest BCUT2D eigenvalue weighted by Crippen LogP contribution is -2.36. The highest BCUT2D eigenvalue weighted by molar-refractivity contribution is 6.08. The highest BCUT2D eigenvalue weighted by Gasteiger charge is 2.28. The Labute approximate surface area is 261 Å². The van der Waals surface area contributed by atoms with E-state index in [1.807, 2.05) is 66.7 Å². The zero-order valence-corrected chi connectivity index (χ0v) is 25.6. The molecule has 0 unspecified atom stereocenters. The van der Waals surface area contributed by atoms with Crippen LogP contribution in [0.25, 0.3) is 22.6 Å². The van der Waals surface area contributed by atoms with Crippen molar-refractivity contribution in [2.45, 2.75) is 12.8 Å². The van der Waals surface area contributed by atoms with Crippen LogP contribution in [0.4, 0.5) is 11.4 Å². The second kappa shape index (κ2) is 13.3. The number of fused-ring (bicyclic) bond motifs is 2. The molecule has 10 heteroatoms. The van der Waals surface area contributed by atoms with Gasteiger partial charge in [-0.3, -0.25) is 4.79 Å². The Bertz CT molecular complexity index is 1740. The van der Waals surface area contributed by atoms with Gasteiger partial charge in [-0.25, -0.2) is 9.78 Å². The summed E-state index contributed by atoms with van der Waals surface area (Å²) in [5.74, 6) is 0.627. The smallest absolute Gasteiger partial charge is 0.339 e. The number of allylic oxidation sites excluding steroid dienone is 1. The van der Waals surface area contributed by atoms with Crippen LogP contribution in [0.1, 0.15) is 33.6 Å². The van der Waals surface area contributed by atoms with Crippen LogP contribution in [0, 0.1) is 0 Å². The second-order valence-corrected chi connectivity index (χ2v) is 10.7. The minimum atomic E-state index is -0.559. The predicted molar refractivity (Wildman–Crippen MR) is 172 cm³/mol. The van der Waals surface area contributed by atoms with Gasteiger partial charge in [0.1, 0.15) is 0 Å². The molecule has 3 aromatic carbocycles. The number of methoxy groups -OCH3 is 3. The number of para-hydroxylation sites is 1. The van der Waals surface area contributed by atoms with Crippen molar-refractivity contribution in [1.82, 2.24) is 4.98 Å². The molecule has 0 radical (unpaired) electrons. The van der Waals surface area contributed by atoms with Crippen LogP contribution in [0.3, 0.4) is 0 Å². The Morgan fingerprint density at radius 1 is 0.933 bits per heavy atom. The summed E-state index contributed by atoms with van der Waals surface area (Å²) in [5, 5.41) is 3.51. The van der Waals surface area contributed by atoms with E-state index in [9.17, 15) is 9.59 Å². The van der Waals surface area contributed by atoms with E-state index in [1.165, 1.54) is 0 Å². The number of rotatable bonds is 9. The van der Waals surface area contributed by atoms with E-state index in [2.05, 4.69) is 10.2 Å². The molecule has 1 aromatic heterocycles. The molecule has 1 fully saturated rings. The van der Waals surface area contributed by atoms with Gasteiger partial charge in [-0.2, -0.15) is 0 Å². The molecule has 0 spiro atoms. The quantitative estimate of drug-likeness (QED) is 0.250. The third-order valence-electron chi connectivity index (χ3n) is 8.04. The Kier molecular flexibility index (Phi) is 8.84. The van der Waals surface area contributed by atoms with E-state index in [1.54, 1.807) is 21.3 Å². The van der Waals surface area contributed by atoms with Crippen LogP contribution in [0.5, 0.6) is 17.2 Å². The monoisotopic (exact) mass is 609 g/mol. The Morgan fingerprint density at radius 2 is 1.64 bits per heavy atom. The summed E-state index contributed by atoms with van der Waals surface area (Å²) in [6, 6.07) is 18.8. The number of carbonyl (C=O) groups excluding carboxylic acids is 2. The number of anilines is 2. The highest BCUT2D eigenvalue weighted by atomic mass is 16.5. The van der Waals surface area contributed by atoms with Crippen molar-refractivity contribution in [3.05, 3.63) is 83.0 Å². The van der Waals surface area contributed by atoms with E-state index in [0.29, 0.717) is 65.5 Å². The highest BCUT2D eigenvalue weighted by Crippen LogP contribution is 2.41. The average Bonchev–Trinajstić information content (AvgIpc) is 3.47.